The lowest BCUT2D eigenvalue weighted by Gasteiger charge is -2.33. The summed E-state index contributed by atoms with van der Waals surface area (Å²) >= 11 is 0. The average Bonchev–Trinajstić information content (AvgIpc) is 3.41. The molecular weight excluding hydrogens is 588 g/mol. The van der Waals surface area contributed by atoms with Gasteiger partial charge in [0.1, 0.15) is 7.11 Å². The van der Waals surface area contributed by atoms with Crippen LogP contribution in [0.15, 0.2) is 30.5 Å². The molecule has 260 valence electrons. The van der Waals surface area contributed by atoms with E-state index in [4.69, 9.17) is 4.84 Å². The summed E-state index contributed by atoms with van der Waals surface area (Å²) in [5, 5.41) is 10.8. The number of para-hydroxylation sites is 1. The number of fused-ring (bicyclic) bond motifs is 1. The van der Waals surface area contributed by atoms with Gasteiger partial charge in [-0.2, -0.15) is 4.73 Å². The van der Waals surface area contributed by atoms with Crippen molar-refractivity contribution in [3.8, 4) is 0 Å². The van der Waals surface area contributed by atoms with Crippen LogP contribution in [0.1, 0.15) is 91.0 Å². The summed E-state index contributed by atoms with van der Waals surface area (Å²) in [5.41, 5.74) is 2.37. The number of likely N-dealkylation sites (tertiary alicyclic amines) is 1. The molecule has 2 aromatic rings. The highest BCUT2D eigenvalue weighted by atomic mass is 16.6. The lowest BCUT2D eigenvalue weighted by atomic mass is 10.0. The van der Waals surface area contributed by atoms with E-state index in [2.05, 4.69) is 55.0 Å². The van der Waals surface area contributed by atoms with Crippen molar-refractivity contribution in [3.05, 3.63) is 36.0 Å². The molecule has 3 rings (SSSR count). The van der Waals surface area contributed by atoms with E-state index in [9.17, 15) is 24.0 Å². The zero-order valence-electron chi connectivity index (χ0n) is 29.1. The van der Waals surface area contributed by atoms with Crippen molar-refractivity contribution in [2.75, 3.05) is 40.3 Å². The van der Waals surface area contributed by atoms with Gasteiger partial charge >= 0.3 is 0 Å². The Bertz CT molecular complexity index is 1170. The fourth-order valence-electron chi connectivity index (χ4n) is 4.31. The molecule has 12 nitrogen and oxygen atoms in total. The summed E-state index contributed by atoms with van der Waals surface area (Å²) < 4.78 is 1.78. The van der Waals surface area contributed by atoms with Crippen molar-refractivity contribution in [1.82, 2.24) is 30.9 Å². The molecule has 4 N–H and O–H groups in total. The SMILES string of the molecule is CC1CCCCN1C(=O)CNC(=O)CNC(=O)CNC=O.CCCC.CCCCCC(=O)NC.COn1cc(C)c2ccccc21. The molecule has 1 aliphatic rings. The Morgan fingerprint density at radius 3 is 2.15 bits per heavy atom. The molecule has 1 aromatic heterocycles. The number of piperidine rings is 1. The van der Waals surface area contributed by atoms with Crippen LogP contribution in [0.4, 0.5) is 0 Å². The van der Waals surface area contributed by atoms with Gasteiger partial charge in [0.05, 0.1) is 25.2 Å². The molecule has 1 aliphatic heterocycles. The predicted octanol–water partition coefficient (Wildman–Crippen LogP) is 3.49. The Labute approximate surface area is 275 Å². The zero-order valence-corrected chi connectivity index (χ0v) is 29.1. The van der Waals surface area contributed by atoms with E-state index in [1.165, 1.54) is 30.2 Å². The summed E-state index contributed by atoms with van der Waals surface area (Å²) in [4.78, 5) is 62.1. The first-order chi connectivity index (χ1) is 22.1. The summed E-state index contributed by atoms with van der Waals surface area (Å²) in [6.07, 6.45) is 12.2. The molecule has 1 atom stereocenters. The van der Waals surface area contributed by atoms with Gasteiger partial charge in [-0.25, -0.2) is 0 Å². The molecule has 0 aliphatic carbocycles. The van der Waals surface area contributed by atoms with Crippen molar-refractivity contribution < 1.29 is 28.8 Å². The van der Waals surface area contributed by atoms with Gasteiger partial charge < -0.3 is 31.0 Å². The van der Waals surface area contributed by atoms with E-state index < -0.39 is 11.8 Å². The van der Waals surface area contributed by atoms with Crippen LogP contribution < -0.4 is 26.1 Å². The lowest BCUT2D eigenvalue weighted by Crippen LogP contribution is -2.48. The van der Waals surface area contributed by atoms with Gasteiger partial charge in [0.2, 0.25) is 30.0 Å². The molecule has 1 aromatic carbocycles. The molecule has 1 fully saturated rings. The number of carbonyl (C=O) groups excluding carboxylic acids is 5. The maximum absolute atomic E-state index is 12.0. The third kappa shape index (κ3) is 18.0. The Balaban J connectivity index is 0.000000679. The Kier molecular flexibility index (Phi) is 23.8. The van der Waals surface area contributed by atoms with Crippen molar-refractivity contribution in [3.63, 3.8) is 0 Å². The molecule has 2 heterocycles. The number of hydrogen-bond donors (Lipinski definition) is 4. The van der Waals surface area contributed by atoms with Gasteiger partial charge in [-0.05, 0) is 51.2 Å². The van der Waals surface area contributed by atoms with Crippen LogP contribution in [0.2, 0.25) is 0 Å². The number of aryl methyl sites for hydroxylation is 1. The lowest BCUT2D eigenvalue weighted by molar-refractivity contribution is -0.135. The average molecular weight is 647 g/mol. The van der Waals surface area contributed by atoms with E-state index in [1.54, 1.807) is 23.8 Å². The molecule has 1 saturated heterocycles. The van der Waals surface area contributed by atoms with E-state index in [0.29, 0.717) is 12.8 Å². The highest BCUT2D eigenvalue weighted by molar-refractivity contribution is 5.89. The molecular formula is C34H58N6O6. The first-order valence-corrected chi connectivity index (χ1v) is 16.4. The standard InChI is InChI=1S/C13H22N4O4.C10H11NO.C7H15NO.C4H10/c1-10-4-2-3-5-17(10)13(21)8-16-12(20)7-15-11(19)6-14-9-18;1-8-7-11(12-2)10-6-4-3-5-9(8)10;1-3-4-5-6-7(9)8-2;1-3-4-2/h9-10H,2-8H2,1H3,(H,14,18)(H,15,19)(H,16,20);3-7H,1-2H3;3-6H2,1-2H3,(H,8,9);3-4H2,1-2H3. The quantitative estimate of drug-likeness (QED) is 0.193. The minimum atomic E-state index is -0.465. The third-order valence-corrected chi connectivity index (χ3v) is 7.21. The summed E-state index contributed by atoms with van der Waals surface area (Å²) in [6, 6.07) is 8.40. The summed E-state index contributed by atoms with van der Waals surface area (Å²) in [5.74, 6) is -0.853. The zero-order chi connectivity index (χ0) is 34.7. The topological polar surface area (TPSA) is 151 Å². The van der Waals surface area contributed by atoms with Crippen molar-refractivity contribution >= 4 is 40.9 Å². The highest BCUT2D eigenvalue weighted by Crippen LogP contribution is 2.18. The number of rotatable bonds is 13. The number of amides is 5. The van der Waals surface area contributed by atoms with Crippen LogP contribution in [0.25, 0.3) is 10.9 Å². The van der Waals surface area contributed by atoms with Crippen LogP contribution in [0, 0.1) is 6.92 Å². The number of benzene rings is 1. The van der Waals surface area contributed by atoms with Gasteiger partial charge in [-0.15, -0.1) is 0 Å². The predicted molar refractivity (Wildman–Crippen MR) is 183 cm³/mol. The first-order valence-electron chi connectivity index (χ1n) is 16.4. The van der Waals surface area contributed by atoms with Crippen LogP contribution in [0.5, 0.6) is 0 Å². The van der Waals surface area contributed by atoms with Gasteiger partial charge in [0.15, 0.2) is 0 Å². The van der Waals surface area contributed by atoms with Crippen molar-refractivity contribution in [2.45, 2.75) is 98.4 Å². The number of unbranched alkanes of at least 4 members (excludes halogenated alkanes) is 3. The normalized spacial score (nSPS) is 13.3. The minimum Gasteiger partial charge on any atom is -0.417 e. The molecule has 0 bridgehead atoms. The molecule has 1 unspecified atom stereocenters. The number of hydrogen-bond acceptors (Lipinski definition) is 6. The Hall–Kier alpha value is -4.09. The molecule has 0 radical (unpaired) electrons. The van der Waals surface area contributed by atoms with Crippen LogP contribution in [-0.4, -0.2) is 86.0 Å². The molecule has 0 spiro atoms. The third-order valence-electron chi connectivity index (χ3n) is 7.21. The number of carbonyl (C=O) groups is 5. The number of aromatic nitrogens is 1. The minimum absolute atomic E-state index is 0.0639. The number of nitrogens with zero attached hydrogens (tertiary/aromatic N) is 2. The molecule has 0 saturated carbocycles. The summed E-state index contributed by atoms with van der Waals surface area (Å²) in [6.45, 7) is 10.8. The van der Waals surface area contributed by atoms with E-state index in [1.807, 2.05) is 31.3 Å². The van der Waals surface area contributed by atoms with Gasteiger partial charge in [0, 0.05) is 37.6 Å². The summed E-state index contributed by atoms with van der Waals surface area (Å²) in [7, 11) is 3.35. The second-order valence-corrected chi connectivity index (χ2v) is 11.0. The van der Waals surface area contributed by atoms with Crippen molar-refractivity contribution in [1.29, 1.82) is 0 Å². The Morgan fingerprint density at radius 1 is 0.913 bits per heavy atom. The second-order valence-electron chi connectivity index (χ2n) is 11.0. The molecule has 5 amide bonds. The largest absolute Gasteiger partial charge is 0.417 e. The van der Waals surface area contributed by atoms with Crippen molar-refractivity contribution in [2.24, 2.45) is 0 Å². The van der Waals surface area contributed by atoms with E-state index >= 15 is 0 Å². The smallest absolute Gasteiger partial charge is 0.242 e. The van der Waals surface area contributed by atoms with Crippen LogP contribution in [0.3, 0.4) is 0 Å². The maximum Gasteiger partial charge on any atom is 0.242 e. The first kappa shape index (κ1) is 41.9. The van der Waals surface area contributed by atoms with E-state index in [0.717, 1.165) is 44.2 Å². The van der Waals surface area contributed by atoms with Gasteiger partial charge in [-0.1, -0.05) is 64.7 Å². The fraction of sp³-hybridized carbons (Fsp3) is 0.618. The second kappa shape index (κ2) is 26.2. The maximum atomic E-state index is 12.0. The highest BCUT2D eigenvalue weighted by Gasteiger charge is 2.23. The van der Waals surface area contributed by atoms with Crippen LogP contribution >= 0.6 is 0 Å². The van der Waals surface area contributed by atoms with Gasteiger partial charge in [-0.3, -0.25) is 24.0 Å². The molecule has 12 heteroatoms. The van der Waals surface area contributed by atoms with E-state index in [-0.39, 0.29) is 37.5 Å². The monoisotopic (exact) mass is 646 g/mol. The fourth-order valence-corrected chi connectivity index (χ4v) is 4.31. The van der Waals surface area contributed by atoms with Crippen LogP contribution in [-0.2, 0) is 24.0 Å². The molecule has 46 heavy (non-hydrogen) atoms. The number of nitrogens with one attached hydrogen (secondary N) is 4. The Morgan fingerprint density at radius 2 is 1.57 bits per heavy atom. The van der Waals surface area contributed by atoms with Gasteiger partial charge in [0.25, 0.3) is 0 Å².